The quantitative estimate of drug-likeness (QED) is 0.467. The molecule has 0 spiro atoms. The van der Waals surface area contributed by atoms with Gasteiger partial charge in [0.1, 0.15) is 12.4 Å². The standard InChI is InChI=1S/C21H24BFN2O4/c1-4-21(27)25(18-8-6-5-7-17(18)23)13-20(26)24-19(22(28)29)12-16-10-9-14(2)11-15(16)3/h4-11,19,28-29H,1,12-13H2,2-3H3,(H,24,26)/t19-/m0/s1. The smallest absolute Gasteiger partial charge is 0.426 e. The van der Waals surface area contributed by atoms with E-state index in [1.165, 1.54) is 18.2 Å². The summed E-state index contributed by atoms with van der Waals surface area (Å²) in [7, 11) is -1.81. The fraction of sp³-hybridized carbons (Fsp3) is 0.238. The lowest BCUT2D eigenvalue weighted by molar-refractivity contribution is -0.122. The third kappa shape index (κ3) is 6.00. The predicted octanol–water partition coefficient (Wildman–Crippen LogP) is 1.70. The second-order valence-electron chi connectivity index (χ2n) is 6.80. The highest BCUT2D eigenvalue weighted by Gasteiger charge is 2.28. The molecule has 6 nitrogen and oxygen atoms in total. The Morgan fingerprint density at radius 3 is 2.52 bits per heavy atom. The normalized spacial score (nSPS) is 11.5. The number of anilines is 1. The monoisotopic (exact) mass is 398 g/mol. The maximum absolute atomic E-state index is 14.1. The van der Waals surface area contributed by atoms with Gasteiger partial charge in [0.05, 0.1) is 11.6 Å². The van der Waals surface area contributed by atoms with Gasteiger partial charge in [-0.05, 0) is 49.6 Å². The topological polar surface area (TPSA) is 89.9 Å². The number of nitrogens with zero attached hydrogens (tertiary/aromatic N) is 1. The Labute approximate surface area is 169 Å². The summed E-state index contributed by atoms with van der Waals surface area (Å²) in [5, 5.41) is 21.9. The maximum atomic E-state index is 14.1. The van der Waals surface area contributed by atoms with E-state index in [-0.39, 0.29) is 12.1 Å². The molecular weight excluding hydrogens is 374 g/mol. The first kappa shape index (κ1) is 22.3. The molecule has 0 unspecified atom stereocenters. The fourth-order valence-corrected chi connectivity index (χ4v) is 3.00. The van der Waals surface area contributed by atoms with Crippen molar-refractivity contribution in [3.05, 3.63) is 77.6 Å². The first-order chi connectivity index (χ1) is 13.7. The van der Waals surface area contributed by atoms with Crippen LogP contribution in [-0.4, -0.2) is 41.5 Å². The second-order valence-corrected chi connectivity index (χ2v) is 6.80. The number of hydrogen-bond acceptors (Lipinski definition) is 4. The molecule has 0 saturated heterocycles. The molecule has 0 radical (unpaired) electrons. The number of carbonyl (C=O) groups excluding carboxylic acids is 2. The highest BCUT2D eigenvalue weighted by Crippen LogP contribution is 2.19. The third-order valence-electron chi connectivity index (χ3n) is 4.53. The van der Waals surface area contributed by atoms with E-state index in [2.05, 4.69) is 11.9 Å². The van der Waals surface area contributed by atoms with E-state index in [1.54, 1.807) is 6.07 Å². The van der Waals surface area contributed by atoms with Crippen LogP contribution in [0.15, 0.2) is 55.1 Å². The summed E-state index contributed by atoms with van der Waals surface area (Å²) in [6.45, 7) is 6.73. The van der Waals surface area contributed by atoms with Gasteiger partial charge < -0.3 is 15.4 Å². The Bertz CT molecular complexity index is 904. The van der Waals surface area contributed by atoms with Crippen molar-refractivity contribution in [2.75, 3.05) is 11.4 Å². The molecule has 2 amide bonds. The number of amides is 2. The van der Waals surface area contributed by atoms with Crippen molar-refractivity contribution in [1.29, 1.82) is 0 Å². The summed E-state index contributed by atoms with van der Waals surface area (Å²) in [5.74, 6) is -2.97. The molecule has 0 aliphatic heterocycles. The highest BCUT2D eigenvalue weighted by molar-refractivity contribution is 6.43. The molecule has 0 aliphatic rings. The van der Waals surface area contributed by atoms with Crippen molar-refractivity contribution >= 4 is 24.6 Å². The lowest BCUT2D eigenvalue weighted by atomic mass is 9.75. The zero-order valence-electron chi connectivity index (χ0n) is 16.4. The molecule has 3 N–H and O–H groups in total. The van der Waals surface area contributed by atoms with Gasteiger partial charge in [0.15, 0.2) is 0 Å². The fourth-order valence-electron chi connectivity index (χ4n) is 3.00. The van der Waals surface area contributed by atoms with Gasteiger partial charge in [-0.15, -0.1) is 0 Å². The van der Waals surface area contributed by atoms with Crippen LogP contribution in [0.5, 0.6) is 0 Å². The van der Waals surface area contributed by atoms with E-state index in [4.69, 9.17) is 0 Å². The summed E-state index contributed by atoms with van der Waals surface area (Å²) in [5.41, 5.74) is 2.81. The van der Waals surface area contributed by atoms with Crippen molar-refractivity contribution in [3.8, 4) is 0 Å². The number of hydrogen-bond donors (Lipinski definition) is 3. The number of para-hydroxylation sites is 1. The Morgan fingerprint density at radius 1 is 1.24 bits per heavy atom. The van der Waals surface area contributed by atoms with Gasteiger partial charge in [0.2, 0.25) is 5.91 Å². The molecule has 2 aromatic rings. The van der Waals surface area contributed by atoms with Crippen LogP contribution in [0.2, 0.25) is 0 Å². The summed E-state index contributed by atoms with van der Waals surface area (Å²) in [4.78, 5) is 25.6. The average molecular weight is 398 g/mol. The lowest BCUT2D eigenvalue weighted by Gasteiger charge is -2.24. The van der Waals surface area contributed by atoms with Crippen molar-refractivity contribution < 1.29 is 24.0 Å². The molecule has 0 saturated carbocycles. The zero-order valence-corrected chi connectivity index (χ0v) is 16.4. The van der Waals surface area contributed by atoms with Gasteiger partial charge in [0, 0.05) is 0 Å². The molecule has 0 aliphatic carbocycles. The molecule has 0 heterocycles. The van der Waals surface area contributed by atoms with E-state index < -0.39 is 37.2 Å². The molecule has 0 bridgehead atoms. The van der Waals surface area contributed by atoms with Crippen LogP contribution in [0, 0.1) is 19.7 Å². The van der Waals surface area contributed by atoms with Crippen LogP contribution < -0.4 is 10.2 Å². The first-order valence-corrected chi connectivity index (χ1v) is 9.13. The third-order valence-corrected chi connectivity index (χ3v) is 4.53. The molecule has 0 fully saturated rings. The van der Waals surface area contributed by atoms with Crippen LogP contribution in [0.25, 0.3) is 0 Å². The van der Waals surface area contributed by atoms with Crippen molar-refractivity contribution in [1.82, 2.24) is 5.32 Å². The Hall–Kier alpha value is -2.97. The van der Waals surface area contributed by atoms with E-state index >= 15 is 0 Å². The highest BCUT2D eigenvalue weighted by atomic mass is 19.1. The molecule has 29 heavy (non-hydrogen) atoms. The van der Waals surface area contributed by atoms with Gasteiger partial charge in [-0.25, -0.2) is 4.39 Å². The van der Waals surface area contributed by atoms with Crippen LogP contribution in [-0.2, 0) is 16.0 Å². The van der Waals surface area contributed by atoms with E-state index in [0.29, 0.717) is 0 Å². The van der Waals surface area contributed by atoms with Gasteiger partial charge in [-0.1, -0.05) is 42.5 Å². The number of rotatable bonds is 8. The van der Waals surface area contributed by atoms with E-state index in [0.717, 1.165) is 27.7 Å². The summed E-state index contributed by atoms with van der Waals surface area (Å²) < 4.78 is 14.1. The molecule has 152 valence electrons. The first-order valence-electron chi connectivity index (χ1n) is 9.13. The SMILES string of the molecule is C=CC(=O)N(CC(=O)N[C@@H](Cc1ccc(C)cc1C)B(O)O)c1ccccc1F. The summed E-state index contributed by atoms with van der Waals surface area (Å²) >= 11 is 0. The molecule has 1 atom stereocenters. The van der Waals surface area contributed by atoms with E-state index in [1.807, 2.05) is 32.0 Å². The number of benzene rings is 2. The molecule has 8 heteroatoms. The molecule has 2 aromatic carbocycles. The Kier molecular flexibility index (Phi) is 7.70. The van der Waals surface area contributed by atoms with Crippen LogP contribution in [0.3, 0.4) is 0 Å². The largest absolute Gasteiger partial charge is 0.475 e. The molecular formula is C21H24BFN2O4. The van der Waals surface area contributed by atoms with Crippen molar-refractivity contribution in [2.45, 2.75) is 26.2 Å². The van der Waals surface area contributed by atoms with Crippen LogP contribution in [0.1, 0.15) is 16.7 Å². The van der Waals surface area contributed by atoms with Gasteiger partial charge in [-0.2, -0.15) is 0 Å². The van der Waals surface area contributed by atoms with Crippen molar-refractivity contribution in [3.63, 3.8) is 0 Å². The summed E-state index contributed by atoms with van der Waals surface area (Å²) in [6.07, 6.45) is 1.17. The minimum absolute atomic E-state index is 0.0666. The predicted molar refractivity (Wildman–Crippen MR) is 111 cm³/mol. The minimum Gasteiger partial charge on any atom is -0.426 e. The lowest BCUT2D eigenvalue weighted by Crippen LogP contribution is -2.51. The van der Waals surface area contributed by atoms with E-state index in [9.17, 15) is 24.0 Å². The van der Waals surface area contributed by atoms with Crippen LogP contribution in [0.4, 0.5) is 10.1 Å². The van der Waals surface area contributed by atoms with Crippen molar-refractivity contribution in [2.24, 2.45) is 0 Å². The number of aryl methyl sites for hydroxylation is 2. The van der Waals surface area contributed by atoms with Gasteiger partial charge in [0.25, 0.3) is 5.91 Å². The Morgan fingerprint density at radius 2 is 1.93 bits per heavy atom. The van der Waals surface area contributed by atoms with Gasteiger partial charge in [-0.3, -0.25) is 14.5 Å². The molecule has 2 rings (SSSR count). The Balaban J connectivity index is 2.16. The van der Waals surface area contributed by atoms with Gasteiger partial charge >= 0.3 is 7.12 Å². The number of nitrogens with one attached hydrogen (secondary N) is 1. The molecule has 0 aromatic heterocycles. The zero-order chi connectivity index (χ0) is 21.6. The average Bonchev–Trinajstić information content (AvgIpc) is 2.67. The number of halogens is 1. The summed E-state index contributed by atoms with van der Waals surface area (Å²) in [6, 6.07) is 11.3. The number of carbonyl (C=O) groups is 2. The second kappa shape index (κ2) is 10.00. The maximum Gasteiger partial charge on any atom is 0.475 e. The minimum atomic E-state index is -1.81. The van der Waals surface area contributed by atoms with Crippen LogP contribution >= 0.6 is 0 Å².